The SMILES string of the molecule is CC(C)c1nn(-c2ccc(Cl)cc2Cl)c(Cl)c1S(=O)(=O)Cl. The summed E-state index contributed by atoms with van der Waals surface area (Å²) in [5, 5.41) is 4.85. The van der Waals surface area contributed by atoms with Crippen molar-refractivity contribution in [1.82, 2.24) is 9.78 Å². The Balaban J connectivity index is 2.78. The van der Waals surface area contributed by atoms with E-state index in [1.807, 2.05) is 0 Å². The van der Waals surface area contributed by atoms with Gasteiger partial charge in [-0.2, -0.15) is 5.10 Å². The van der Waals surface area contributed by atoms with Crippen LogP contribution in [0.25, 0.3) is 5.69 Å². The third kappa shape index (κ3) is 3.32. The Morgan fingerprint density at radius 2 is 1.81 bits per heavy atom. The number of benzene rings is 1. The molecule has 0 aliphatic heterocycles. The van der Waals surface area contributed by atoms with Gasteiger partial charge >= 0.3 is 0 Å². The summed E-state index contributed by atoms with van der Waals surface area (Å²) in [5.74, 6) is -0.182. The zero-order valence-electron chi connectivity index (χ0n) is 10.9. The Labute approximate surface area is 142 Å². The van der Waals surface area contributed by atoms with Gasteiger partial charge < -0.3 is 0 Å². The number of hydrogen-bond donors (Lipinski definition) is 0. The van der Waals surface area contributed by atoms with Gasteiger partial charge in [0.05, 0.1) is 16.4 Å². The van der Waals surface area contributed by atoms with E-state index in [4.69, 9.17) is 45.5 Å². The number of rotatable bonds is 3. The van der Waals surface area contributed by atoms with Crippen LogP contribution >= 0.6 is 45.5 Å². The topological polar surface area (TPSA) is 52.0 Å². The number of halogens is 4. The van der Waals surface area contributed by atoms with Gasteiger partial charge in [0.15, 0.2) is 5.15 Å². The van der Waals surface area contributed by atoms with Crippen LogP contribution in [0.5, 0.6) is 0 Å². The Kier molecular flexibility index (Phi) is 4.81. The fourth-order valence-corrected chi connectivity index (χ4v) is 4.22. The lowest BCUT2D eigenvalue weighted by molar-refractivity contribution is 0.607. The van der Waals surface area contributed by atoms with Gasteiger partial charge in [-0.15, -0.1) is 0 Å². The van der Waals surface area contributed by atoms with Gasteiger partial charge in [0.2, 0.25) is 0 Å². The summed E-state index contributed by atoms with van der Waals surface area (Å²) < 4.78 is 24.7. The maximum atomic E-state index is 11.7. The molecule has 1 aromatic heterocycles. The van der Waals surface area contributed by atoms with Crippen molar-refractivity contribution in [1.29, 1.82) is 0 Å². The molecule has 0 N–H and O–H groups in total. The molecule has 21 heavy (non-hydrogen) atoms. The van der Waals surface area contributed by atoms with Gasteiger partial charge in [-0.05, 0) is 24.1 Å². The van der Waals surface area contributed by atoms with Crippen LogP contribution in [0.4, 0.5) is 0 Å². The van der Waals surface area contributed by atoms with E-state index in [1.165, 1.54) is 10.7 Å². The third-order valence-corrected chi connectivity index (χ3v) is 5.09. The minimum Gasteiger partial charge on any atom is -0.219 e. The standard InChI is InChI=1S/C12H10Cl4N2O2S/c1-6(2)10-11(21(16,19)20)12(15)18(17-10)9-4-3-7(13)5-8(9)14/h3-6H,1-2H3. The zero-order chi connectivity index (χ0) is 15.9. The molecule has 2 aromatic rings. The Morgan fingerprint density at radius 1 is 1.19 bits per heavy atom. The van der Waals surface area contributed by atoms with E-state index >= 15 is 0 Å². The summed E-state index contributed by atoms with van der Waals surface area (Å²) >= 11 is 18.1. The van der Waals surface area contributed by atoms with Gasteiger partial charge in [-0.1, -0.05) is 48.7 Å². The van der Waals surface area contributed by atoms with Gasteiger partial charge in [-0.3, -0.25) is 0 Å². The molecule has 0 atom stereocenters. The molecule has 1 aromatic carbocycles. The molecule has 0 aliphatic carbocycles. The molecule has 114 valence electrons. The highest BCUT2D eigenvalue weighted by Gasteiger charge is 2.29. The minimum atomic E-state index is -4.03. The molecule has 0 saturated carbocycles. The highest BCUT2D eigenvalue weighted by Crippen LogP contribution is 2.36. The first-order valence-corrected chi connectivity index (χ1v) is 9.25. The molecule has 0 bridgehead atoms. The average molecular weight is 388 g/mol. The second-order valence-electron chi connectivity index (χ2n) is 4.61. The van der Waals surface area contributed by atoms with Crippen LogP contribution in [0.3, 0.4) is 0 Å². The largest absolute Gasteiger partial charge is 0.266 e. The normalized spacial score (nSPS) is 12.1. The average Bonchev–Trinajstić information content (AvgIpc) is 2.67. The minimum absolute atomic E-state index is 0.113. The highest BCUT2D eigenvalue weighted by atomic mass is 35.7. The van der Waals surface area contributed by atoms with Gasteiger partial charge in [0.25, 0.3) is 9.05 Å². The third-order valence-electron chi connectivity index (χ3n) is 2.74. The molecular weight excluding hydrogens is 378 g/mol. The molecule has 0 radical (unpaired) electrons. The van der Waals surface area contributed by atoms with E-state index in [0.717, 1.165) is 0 Å². The number of aromatic nitrogens is 2. The summed E-state index contributed by atoms with van der Waals surface area (Å²) in [6.07, 6.45) is 0. The van der Waals surface area contributed by atoms with Crippen molar-refractivity contribution < 1.29 is 8.42 Å². The number of hydrogen-bond acceptors (Lipinski definition) is 3. The molecule has 0 aliphatic rings. The Morgan fingerprint density at radius 3 is 2.24 bits per heavy atom. The lowest BCUT2D eigenvalue weighted by Gasteiger charge is -2.06. The quantitative estimate of drug-likeness (QED) is 0.705. The van der Waals surface area contributed by atoms with Crippen molar-refractivity contribution >= 4 is 54.5 Å². The Bertz CT molecular complexity index is 800. The van der Waals surface area contributed by atoms with Crippen molar-refractivity contribution in [2.45, 2.75) is 24.7 Å². The summed E-state index contributed by atoms with van der Waals surface area (Å²) in [6.45, 7) is 3.58. The molecule has 4 nitrogen and oxygen atoms in total. The predicted octanol–water partition coefficient (Wildman–Crippen LogP) is 4.88. The van der Waals surface area contributed by atoms with E-state index in [2.05, 4.69) is 5.10 Å². The molecule has 1 heterocycles. The van der Waals surface area contributed by atoms with Crippen LogP contribution in [0.2, 0.25) is 15.2 Å². The van der Waals surface area contributed by atoms with Crippen molar-refractivity contribution in [2.75, 3.05) is 0 Å². The summed E-state index contributed by atoms with van der Waals surface area (Å²) in [4.78, 5) is -0.202. The van der Waals surface area contributed by atoms with Crippen LogP contribution in [0, 0.1) is 0 Å². The maximum Gasteiger partial charge on any atom is 0.266 e. The van der Waals surface area contributed by atoms with Crippen molar-refractivity contribution in [3.05, 3.63) is 39.1 Å². The molecule has 0 spiro atoms. The molecule has 9 heteroatoms. The molecule has 0 amide bonds. The first-order valence-electron chi connectivity index (χ1n) is 5.81. The van der Waals surface area contributed by atoms with E-state index in [-0.39, 0.29) is 21.7 Å². The summed E-state index contributed by atoms with van der Waals surface area (Å²) in [7, 11) is 1.43. The van der Waals surface area contributed by atoms with E-state index in [0.29, 0.717) is 15.7 Å². The number of nitrogens with zero attached hydrogens (tertiary/aromatic N) is 2. The second-order valence-corrected chi connectivity index (χ2v) is 8.31. The van der Waals surface area contributed by atoms with Crippen molar-refractivity contribution in [3.63, 3.8) is 0 Å². The van der Waals surface area contributed by atoms with E-state index in [1.54, 1.807) is 26.0 Å². The van der Waals surface area contributed by atoms with Crippen molar-refractivity contribution in [3.8, 4) is 5.69 Å². The Hall–Kier alpha value is -0.460. The van der Waals surface area contributed by atoms with Crippen molar-refractivity contribution in [2.24, 2.45) is 0 Å². The predicted molar refractivity (Wildman–Crippen MR) is 85.7 cm³/mol. The first kappa shape index (κ1) is 16.9. The van der Waals surface area contributed by atoms with Crippen LogP contribution in [-0.2, 0) is 9.05 Å². The van der Waals surface area contributed by atoms with Gasteiger partial charge in [0, 0.05) is 15.7 Å². The second kappa shape index (κ2) is 5.97. The molecule has 0 unspecified atom stereocenters. The lowest BCUT2D eigenvalue weighted by atomic mass is 10.1. The fourth-order valence-electron chi connectivity index (χ4n) is 1.81. The molecular formula is C12H10Cl4N2O2S. The van der Waals surface area contributed by atoms with E-state index < -0.39 is 9.05 Å². The van der Waals surface area contributed by atoms with Crippen LogP contribution in [-0.4, -0.2) is 18.2 Å². The van der Waals surface area contributed by atoms with Crippen LogP contribution in [0.1, 0.15) is 25.5 Å². The van der Waals surface area contributed by atoms with Gasteiger partial charge in [-0.25, -0.2) is 13.1 Å². The highest BCUT2D eigenvalue weighted by molar-refractivity contribution is 8.13. The maximum absolute atomic E-state index is 11.7. The smallest absolute Gasteiger partial charge is 0.219 e. The lowest BCUT2D eigenvalue weighted by Crippen LogP contribution is -1.99. The molecule has 0 fully saturated rings. The van der Waals surface area contributed by atoms with Crippen LogP contribution < -0.4 is 0 Å². The first-order chi connectivity index (χ1) is 9.62. The van der Waals surface area contributed by atoms with Crippen LogP contribution in [0.15, 0.2) is 23.1 Å². The monoisotopic (exact) mass is 386 g/mol. The van der Waals surface area contributed by atoms with Gasteiger partial charge in [0.1, 0.15) is 4.90 Å². The molecule has 0 saturated heterocycles. The summed E-state index contributed by atoms with van der Waals surface area (Å²) in [5.41, 5.74) is 0.695. The zero-order valence-corrected chi connectivity index (χ0v) is 14.8. The molecule has 2 rings (SSSR count). The van der Waals surface area contributed by atoms with E-state index in [9.17, 15) is 8.42 Å². The summed E-state index contributed by atoms with van der Waals surface area (Å²) in [6, 6.07) is 4.71. The fraction of sp³-hybridized carbons (Fsp3) is 0.250.